The first-order valence-electron chi connectivity index (χ1n) is 6.07. The molecule has 0 bridgehead atoms. The molecule has 0 aliphatic carbocycles. The molecule has 0 saturated heterocycles. The van der Waals surface area contributed by atoms with Gasteiger partial charge in [0.2, 0.25) is 0 Å². The number of hydrogen-bond acceptors (Lipinski definition) is 3. The molecule has 2 nitrogen and oxygen atoms in total. The molecule has 1 aromatic heterocycles. The second-order valence-corrected chi connectivity index (χ2v) is 4.99. The van der Waals surface area contributed by atoms with E-state index in [9.17, 15) is 0 Å². The third kappa shape index (κ3) is 3.65. The van der Waals surface area contributed by atoms with Gasteiger partial charge in [-0.25, -0.2) is 4.98 Å². The molecule has 3 heteroatoms. The number of hydrogen-bond donors (Lipinski definition) is 1. The topological polar surface area (TPSA) is 24.9 Å². The van der Waals surface area contributed by atoms with Gasteiger partial charge in [-0.15, -0.1) is 11.3 Å². The smallest absolute Gasteiger partial charge is 0.110 e. The van der Waals surface area contributed by atoms with Gasteiger partial charge in [-0.3, -0.25) is 0 Å². The molecule has 0 amide bonds. The van der Waals surface area contributed by atoms with E-state index in [1.807, 2.05) is 11.6 Å². The van der Waals surface area contributed by atoms with Crippen LogP contribution >= 0.6 is 11.3 Å². The highest BCUT2D eigenvalue weighted by Crippen LogP contribution is 2.20. The fourth-order valence-electron chi connectivity index (χ4n) is 1.82. The molecule has 2 aromatic rings. The van der Waals surface area contributed by atoms with Crippen molar-refractivity contribution in [2.24, 2.45) is 0 Å². The van der Waals surface area contributed by atoms with Crippen molar-refractivity contribution in [1.29, 1.82) is 0 Å². The van der Waals surface area contributed by atoms with Crippen molar-refractivity contribution >= 4 is 11.3 Å². The van der Waals surface area contributed by atoms with Crippen LogP contribution in [0.15, 0.2) is 41.9 Å². The van der Waals surface area contributed by atoms with Crippen LogP contribution in [0.2, 0.25) is 0 Å². The van der Waals surface area contributed by atoms with Gasteiger partial charge in [0.1, 0.15) is 5.01 Å². The quantitative estimate of drug-likeness (QED) is 0.844. The number of thiazole rings is 1. The third-order valence-corrected chi connectivity index (χ3v) is 3.56. The molecule has 1 heterocycles. The van der Waals surface area contributed by atoms with E-state index in [1.165, 1.54) is 10.6 Å². The Morgan fingerprint density at radius 1 is 1.29 bits per heavy atom. The molecule has 0 aliphatic heterocycles. The van der Waals surface area contributed by atoms with Crippen LogP contribution in [0.1, 0.15) is 30.0 Å². The molecule has 17 heavy (non-hydrogen) atoms. The van der Waals surface area contributed by atoms with E-state index in [0.717, 1.165) is 19.4 Å². The van der Waals surface area contributed by atoms with E-state index in [0.29, 0.717) is 6.04 Å². The molecule has 1 N–H and O–H groups in total. The second-order valence-electron chi connectivity index (χ2n) is 4.07. The van der Waals surface area contributed by atoms with Crippen LogP contribution in [-0.4, -0.2) is 11.5 Å². The molecule has 0 spiro atoms. The van der Waals surface area contributed by atoms with Crippen LogP contribution in [0.25, 0.3) is 0 Å². The molecule has 0 saturated carbocycles. The maximum Gasteiger partial charge on any atom is 0.110 e. The summed E-state index contributed by atoms with van der Waals surface area (Å²) in [5.74, 6) is 0. The van der Waals surface area contributed by atoms with Gasteiger partial charge in [-0.05, 0) is 24.9 Å². The van der Waals surface area contributed by atoms with Crippen LogP contribution in [0.4, 0.5) is 0 Å². The number of rotatable bonds is 6. The minimum absolute atomic E-state index is 0.345. The minimum atomic E-state index is 0.345. The highest BCUT2D eigenvalue weighted by atomic mass is 32.1. The Bertz CT molecular complexity index is 411. The van der Waals surface area contributed by atoms with Gasteiger partial charge in [0.25, 0.3) is 0 Å². The normalized spacial score (nSPS) is 12.5. The fraction of sp³-hybridized carbons (Fsp3) is 0.357. The van der Waals surface area contributed by atoms with E-state index in [-0.39, 0.29) is 0 Å². The lowest BCUT2D eigenvalue weighted by Crippen LogP contribution is -2.23. The minimum Gasteiger partial charge on any atom is -0.308 e. The highest BCUT2D eigenvalue weighted by molar-refractivity contribution is 7.09. The van der Waals surface area contributed by atoms with Crippen LogP contribution in [0.3, 0.4) is 0 Å². The summed E-state index contributed by atoms with van der Waals surface area (Å²) in [6.07, 6.45) is 4.04. The number of nitrogens with zero attached hydrogens (tertiary/aromatic N) is 1. The zero-order chi connectivity index (χ0) is 11.9. The van der Waals surface area contributed by atoms with Crippen molar-refractivity contribution in [3.63, 3.8) is 0 Å². The van der Waals surface area contributed by atoms with Crippen molar-refractivity contribution in [1.82, 2.24) is 10.3 Å². The molecule has 90 valence electrons. The lowest BCUT2D eigenvalue weighted by atomic mass is 10.1. The van der Waals surface area contributed by atoms with E-state index < -0.39 is 0 Å². The Kier molecular flexibility index (Phi) is 4.71. The average Bonchev–Trinajstić information content (AvgIpc) is 2.89. The molecule has 0 aliphatic rings. The predicted molar refractivity (Wildman–Crippen MR) is 73.3 cm³/mol. The van der Waals surface area contributed by atoms with Crippen LogP contribution in [0, 0.1) is 0 Å². The van der Waals surface area contributed by atoms with E-state index in [4.69, 9.17) is 0 Å². The lowest BCUT2D eigenvalue weighted by Gasteiger charge is -2.16. The van der Waals surface area contributed by atoms with Crippen molar-refractivity contribution in [2.45, 2.75) is 25.8 Å². The molecular weight excluding hydrogens is 228 g/mol. The molecule has 1 aromatic carbocycles. The largest absolute Gasteiger partial charge is 0.308 e. The van der Waals surface area contributed by atoms with E-state index in [2.05, 4.69) is 47.6 Å². The van der Waals surface area contributed by atoms with Gasteiger partial charge in [-0.2, -0.15) is 0 Å². The average molecular weight is 246 g/mol. The highest BCUT2D eigenvalue weighted by Gasteiger charge is 2.13. The first-order chi connectivity index (χ1) is 8.40. The zero-order valence-corrected chi connectivity index (χ0v) is 10.9. The Hall–Kier alpha value is -1.19. The number of benzene rings is 1. The predicted octanol–water partition coefficient (Wildman–Crippen LogP) is 3.43. The number of aromatic nitrogens is 1. The summed E-state index contributed by atoms with van der Waals surface area (Å²) in [5.41, 5.74) is 1.36. The third-order valence-electron chi connectivity index (χ3n) is 2.67. The molecule has 1 atom stereocenters. The Balaban J connectivity index is 2.06. The van der Waals surface area contributed by atoms with E-state index in [1.54, 1.807) is 11.3 Å². The van der Waals surface area contributed by atoms with Gasteiger partial charge < -0.3 is 5.32 Å². The van der Waals surface area contributed by atoms with Crippen LogP contribution in [0.5, 0.6) is 0 Å². The van der Waals surface area contributed by atoms with Crippen molar-refractivity contribution in [3.05, 3.63) is 52.5 Å². The standard InChI is InChI=1S/C14H18N2S/c1-2-8-15-13(14-16-9-10-17-14)11-12-6-4-3-5-7-12/h3-7,9-10,13,15H,2,8,11H2,1H3/t13-/m0/s1. The molecule has 0 radical (unpaired) electrons. The summed E-state index contributed by atoms with van der Waals surface area (Å²) in [6.45, 7) is 3.23. The summed E-state index contributed by atoms with van der Waals surface area (Å²) in [5, 5.41) is 6.79. The van der Waals surface area contributed by atoms with Gasteiger partial charge in [0.15, 0.2) is 0 Å². The van der Waals surface area contributed by atoms with E-state index >= 15 is 0 Å². The zero-order valence-electron chi connectivity index (χ0n) is 10.1. The lowest BCUT2D eigenvalue weighted by molar-refractivity contribution is 0.527. The SMILES string of the molecule is CCCN[C@@H](Cc1ccccc1)c1nccs1. The molecule has 0 fully saturated rings. The van der Waals surface area contributed by atoms with Crippen LogP contribution < -0.4 is 5.32 Å². The first-order valence-corrected chi connectivity index (χ1v) is 6.95. The molecular formula is C14H18N2S. The summed E-state index contributed by atoms with van der Waals surface area (Å²) in [7, 11) is 0. The summed E-state index contributed by atoms with van der Waals surface area (Å²) >= 11 is 1.73. The Morgan fingerprint density at radius 3 is 2.76 bits per heavy atom. The molecule has 2 rings (SSSR count). The van der Waals surface area contributed by atoms with Gasteiger partial charge in [0.05, 0.1) is 6.04 Å². The summed E-state index contributed by atoms with van der Waals surface area (Å²) < 4.78 is 0. The Labute approximate surface area is 107 Å². The van der Waals surface area contributed by atoms with Crippen molar-refractivity contribution < 1.29 is 0 Å². The van der Waals surface area contributed by atoms with Crippen molar-refractivity contribution in [2.75, 3.05) is 6.54 Å². The van der Waals surface area contributed by atoms with Crippen molar-refractivity contribution in [3.8, 4) is 0 Å². The second kappa shape index (κ2) is 6.52. The van der Waals surface area contributed by atoms with Gasteiger partial charge >= 0.3 is 0 Å². The number of nitrogens with one attached hydrogen (secondary N) is 1. The van der Waals surface area contributed by atoms with Gasteiger partial charge in [0, 0.05) is 11.6 Å². The monoisotopic (exact) mass is 246 g/mol. The summed E-state index contributed by atoms with van der Waals surface area (Å²) in [4.78, 5) is 4.42. The Morgan fingerprint density at radius 2 is 2.12 bits per heavy atom. The fourth-order valence-corrected chi connectivity index (χ4v) is 2.54. The summed E-state index contributed by atoms with van der Waals surface area (Å²) in [6, 6.07) is 10.9. The maximum atomic E-state index is 4.42. The van der Waals surface area contributed by atoms with Crippen LogP contribution in [-0.2, 0) is 6.42 Å². The first kappa shape index (κ1) is 12.3. The van der Waals surface area contributed by atoms with Gasteiger partial charge in [-0.1, -0.05) is 37.3 Å². The maximum absolute atomic E-state index is 4.42. The molecule has 0 unspecified atom stereocenters.